The molecular formula is C22H21N3O2S. The van der Waals surface area contributed by atoms with Crippen molar-refractivity contribution < 1.29 is 9.59 Å². The number of carbonyl (C=O) groups excluding carboxylic acids is 2. The number of nitriles is 1. The molecular weight excluding hydrogens is 370 g/mol. The number of carbonyl (C=O) groups is 2. The molecule has 0 radical (unpaired) electrons. The third kappa shape index (κ3) is 3.95. The van der Waals surface area contributed by atoms with Crippen molar-refractivity contribution in [1.29, 1.82) is 5.26 Å². The van der Waals surface area contributed by atoms with Gasteiger partial charge < -0.3 is 5.32 Å². The molecule has 1 heterocycles. The first kappa shape index (κ1) is 19.7. The summed E-state index contributed by atoms with van der Waals surface area (Å²) in [7, 11) is 1.47. The fourth-order valence-corrected chi connectivity index (χ4v) is 4.40. The average molecular weight is 391 g/mol. The van der Waals surface area contributed by atoms with Gasteiger partial charge in [-0.15, -0.1) is 0 Å². The highest BCUT2D eigenvalue weighted by molar-refractivity contribution is 8.05. The maximum absolute atomic E-state index is 13.3. The molecule has 1 atom stereocenters. The summed E-state index contributed by atoms with van der Waals surface area (Å²) in [6, 6.07) is 17.5. The van der Waals surface area contributed by atoms with Crippen LogP contribution in [-0.2, 0) is 16.0 Å². The molecule has 0 spiro atoms. The van der Waals surface area contributed by atoms with Crippen molar-refractivity contribution in [3.8, 4) is 6.07 Å². The first-order chi connectivity index (χ1) is 13.4. The zero-order valence-electron chi connectivity index (χ0n) is 16.0. The molecule has 0 saturated carbocycles. The summed E-state index contributed by atoms with van der Waals surface area (Å²) in [5, 5.41) is 12.1. The summed E-state index contributed by atoms with van der Waals surface area (Å²) >= 11 is 1.28. The summed E-state index contributed by atoms with van der Waals surface area (Å²) in [4.78, 5) is 27.0. The number of aryl methyl sites for hydroxylation is 2. The number of nitrogens with zero attached hydrogens (tertiary/aromatic N) is 2. The molecule has 28 heavy (non-hydrogen) atoms. The maximum Gasteiger partial charge on any atom is 0.264 e. The van der Waals surface area contributed by atoms with E-state index in [4.69, 9.17) is 0 Å². The van der Waals surface area contributed by atoms with Crippen LogP contribution in [0.3, 0.4) is 0 Å². The third-order valence-electron chi connectivity index (χ3n) is 4.53. The Hall–Kier alpha value is -3.04. The molecule has 3 rings (SSSR count). The van der Waals surface area contributed by atoms with Gasteiger partial charge in [0.2, 0.25) is 5.91 Å². The van der Waals surface area contributed by atoms with Crippen LogP contribution < -0.4 is 10.2 Å². The number of thioether (sulfide) groups is 1. The highest BCUT2D eigenvalue weighted by atomic mass is 32.2. The Balaban J connectivity index is 2.04. The van der Waals surface area contributed by atoms with Crippen LogP contribution >= 0.6 is 11.8 Å². The van der Waals surface area contributed by atoms with Crippen LogP contribution in [0, 0.1) is 25.2 Å². The highest BCUT2D eigenvalue weighted by Crippen LogP contribution is 2.41. The SMILES string of the molecule is CNC(=O)/C(C#N)=C1\S[C@H](Cc2cccc(C)c2)C(=O)N1c1ccc(C)cc1. The lowest BCUT2D eigenvalue weighted by atomic mass is 10.1. The van der Waals surface area contributed by atoms with Crippen molar-refractivity contribution in [2.45, 2.75) is 25.5 Å². The molecule has 1 aliphatic heterocycles. The van der Waals surface area contributed by atoms with Gasteiger partial charge in [-0.2, -0.15) is 5.26 Å². The molecule has 2 amide bonds. The van der Waals surface area contributed by atoms with Crippen molar-refractivity contribution in [3.05, 3.63) is 75.8 Å². The molecule has 142 valence electrons. The highest BCUT2D eigenvalue weighted by Gasteiger charge is 2.40. The number of anilines is 1. The maximum atomic E-state index is 13.3. The monoisotopic (exact) mass is 391 g/mol. The molecule has 0 bridgehead atoms. The first-order valence-electron chi connectivity index (χ1n) is 8.94. The predicted octanol–water partition coefficient (Wildman–Crippen LogP) is 3.48. The molecule has 6 heteroatoms. The quantitative estimate of drug-likeness (QED) is 0.640. The van der Waals surface area contributed by atoms with Gasteiger partial charge in [0, 0.05) is 12.7 Å². The summed E-state index contributed by atoms with van der Waals surface area (Å²) in [5.74, 6) is -0.617. The van der Waals surface area contributed by atoms with Crippen molar-refractivity contribution in [1.82, 2.24) is 5.32 Å². The van der Waals surface area contributed by atoms with E-state index in [0.717, 1.165) is 16.7 Å². The molecule has 2 aromatic carbocycles. The van der Waals surface area contributed by atoms with E-state index in [0.29, 0.717) is 17.1 Å². The van der Waals surface area contributed by atoms with Crippen LogP contribution in [0.25, 0.3) is 0 Å². The molecule has 1 fully saturated rings. The van der Waals surface area contributed by atoms with Gasteiger partial charge in [0.1, 0.15) is 16.7 Å². The molecule has 0 unspecified atom stereocenters. The number of hydrogen-bond acceptors (Lipinski definition) is 4. The Bertz CT molecular complexity index is 990. The zero-order chi connectivity index (χ0) is 20.3. The summed E-state index contributed by atoms with van der Waals surface area (Å²) in [6.45, 7) is 3.98. The second-order valence-corrected chi connectivity index (χ2v) is 7.87. The van der Waals surface area contributed by atoms with Gasteiger partial charge >= 0.3 is 0 Å². The van der Waals surface area contributed by atoms with E-state index in [-0.39, 0.29) is 11.5 Å². The normalized spacial score (nSPS) is 18.0. The molecule has 0 aromatic heterocycles. The fourth-order valence-electron chi connectivity index (χ4n) is 3.09. The molecule has 0 aliphatic carbocycles. The summed E-state index contributed by atoms with van der Waals surface area (Å²) in [5.41, 5.74) is 3.85. The fraction of sp³-hybridized carbons (Fsp3) is 0.227. The number of benzene rings is 2. The minimum Gasteiger partial charge on any atom is -0.354 e. The van der Waals surface area contributed by atoms with Crippen LogP contribution in [0.1, 0.15) is 16.7 Å². The van der Waals surface area contributed by atoms with Crippen LogP contribution in [-0.4, -0.2) is 24.1 Å². The van der Waals surface area contributed by atoms with Crippen molar-refractivity contribution >= 4 is 29.3 Å². The van der Waals surface area contributed by atoms with E-state index in [1.807, 2.05) is 62.4 Å². The molecule has 1 saturated heterocycles. The zero-order valence-corrected chi connectivity index (χ0v) is 16.8. The van der Waals surface area contributed by atoms with Gasteiger partial charge in [-0.05, 0) is 38.0 Å². The number of hydrogen-bond donors (Lipinski definition) is 1. The summed E-state index contributed by atoms with van der Waals surface area (Å²) < 4.78 is 0. The smallest absolute Gasteiger partial charge is 0.264 e. The molecule has 5 nitrogen and oxygen atoms in total. The van der Waals surface area contributed by atoms with Gasteiger partial charge in [0.05, 0.1) is 5.25 Å². The topological polar surface area (TPSA) is 73.2 Å². The second kappa shape index (κ2) is 8.32. The largest absolute Gasteiger partial charge is 0.354 e. The molecule has 1 aliphatic rings. The lowest BCUT2D eigenvalue weighted by Crippen LogP contribution is -2.31. The summed E-state index contributed by atoms with van der Waals surface area (Å²) in [6.07, 6.45) is 0.531. The van der Waals surface area contributed by atoms with Crippen LogP contribution in [0.5, 0.6) is 0 Å². The number of likely N-dealkylation sites (N-methyl/N-ethyl adjacent to an activating group) is 1. The van der Waals surface area contributed by atoms with Gasteiger partial charge in [-0.3, -0.25) is 14.5 Å². The van der Waals surface area contributed by atoms with Gasteiger partial charge in [-0.1, -0.05) is 59.3 Å². The van der Waals surface area contributed by atoms with E-state index in [1.165, 1.54) is 23.7 Å². The van der Waals surface area contributed by atoms with Crippen molar-refractivity contribution in [2.75, 3.05) is 11.9 Å². The first-order valence-corrected chi connectivity index (χ1v) is 9.82. The Morgan fingerprint density at radius 3 is 2.50 bits per heavy atom. The van der Waals surface area contributed by atoms with Gasteiger partial charge in [0.15, 0.2) is 0 Å². The van der Waals surface area contributed by atoms with Crippen LogP contribution in [0.4, 0.5) is 5.69 Å². The Kier molecular flexibility index (Phi) is 5.86. The van der Waals surface area contributed by atoms with Crippen LogP contribution in [0.2, 0.25) is 0 Å². The Morgan fingerprint density at radius 2 is 1.89 bits per heavy atom. The standard InChI is InChI=1S/C22H21N3O2S/c1-14-7-9-17(10-8-14)25-21(27)19(12-16-6-4-5-15(2)11-16)28-22(25)18(13-23)20(26)24-3/h4-11,19H,12H2,1-3H3,(H,24,26)/b22-18-/t19-/m1/s1. The Morgan fingerprint density at radius 1 is 1.18 bits per heavy atom. The predicted molar refractivity (Wildman–Crippen MR) is 112 cm³/mol. The average Bonchev–Trinajstić information content (AvgIpc) is 2.99. The minimum absolute atomic E-state index is 0.0480. The Labute approximate surface area is 169 Å². The minimum atomic E-state index is -0.494. The lowest BCUT2D eigenvalue weighted by Gasteiger charge is -2.18. The third-order valence-corrected chi connectivity index (χ3v) is 5.79. The number of nitrogens with one attached hydrogen (secondary N) is 1. The second-order valence-electron chi connectivity index (χ2n) is 6.68. The molecule has 2 aromatic rings. The van der Waals surface area contributed by atoms with E-state index in [9.17, 15) is 14.9 Å². The van der Waals surface area contributed by atoms with Gasteiger partial charge in [0.25, 0.3) is 5.91 Å². The van der Waals surface area contributed by atoms with E-state index < -0.39 is 11.2 Å². The molecule has 1 N–H and O–H groups in total. The van der Waals surface area contributed by atoms with Crippen LogP contribution in [0.15, 0.2) is 59.1 Å². The van der Waals surface area contributed by atoms with Gasteiger partial charge in [-0.25, -0.2) is 0 Å². The van der Waals surface area contributed by atoms with E-state index in [1.54, 1.807) is 0 Å². The van der Waals surface area contributed by atoms with E-state index >= 15 is 0 Å². The lowest BCUT2D eigenvalue weighted by molar-refractivity contribution is -0.117. The van der Waals surface area contributed by atoms with E-state index in [2.05, 4.69) is 11.4 Å². The number of amides is 2. The van der Waals surface area contributed by atoms with Crippen molar-refractivity contribution in [3.63, 3.8) is 0 Å². The van der Waals surface area contributed by atoms with Crippen molar-refractivity contribution in [2.24, 2.45) is 0 Å². The number of rotatable bonds is 4.